The molecule has 1 N–H and O–H groups in total. The zero-order valence-electron chi connectivity index (χ0n) is 10.0. The third-order valence-electron chi connectivity index (χ3n) is 2.91. The highest BCUT2D eigenvalue weighted by molar-refractivity contribution is 6.34. The van der Waals surface area contributed by atoms with Crippen LogP contribution in [0, 0.1) is 5.41 Å². The van der Waals surface area contributed by atoms with E-state index in [1.54, 1.807) is 6.92 Å². The third kappa shape index (κ3) is 4.45. The van der Waals surface area contributed by atoms with E-state index in [-0.39, 0.29) is 0 Å². The van der Waals surface area contributed by atoms with Crippen LogP contribution in [0.15, 0.2) is 0 Å². The molecule has 0 saturated heterocycles. The Labute approximate surface area is 91.9 Å². The molecule has 0 radical (unpaired) electrons. The molecular weight excluding hydrogens is 192 g/mol. The van der Waals surface area contributed by atoms with Gasteiger partial charge in [0.05, 0.1) is 0 Å². The number of hydrogen-bond acceptors (Lipinski definition) is 2. The van der Waals surface area contributed by atoms with Crippen LogP contribution in [0.2, 0.25) is 0 Å². The Morgan fingerprint density at radius 2 is 1.47 bits per heavy atom. The fourth-order valence-electron chi connectivity index (χ4n) is 1.74. The van der Waals surface area contributed by atoms with E-state index >= 15 is 0 Å². The second-order valence-electron chi connectivity index (χ2n) is 4.40. The molecule has 0 aromatic rings. The summed E-state index contributed by atoms with van der Waals surface area (Å²) in [5.74, 6) is -1.91. The molecule has 0 unspecified atom stereocenters. The largest absolute Gasteiger partial charge is 0.475 e. The van der Waals surface area contributed by atoms with Crippen molar-refractivity contribution in [1.82, 2.24) is 0 Å². The Bertz CT molecular complexity index is 213. The zero-order valence-corrected chi connectivity index (χ0v) is 10.0. The SMILES string of the molecule is CCCCC(C)(CCCC)C(=O)C(=O)O. The number of hydrogen-bond donors (Lipinski definition) is 1. The summed E-state index contributed by atoms with van der Waals surface area (Å²) in [4.78, 5) is 22.3. The summed E-state index contributed by atoms with van der Waals surface area (Å²) >= 11 is 0. The zero-order chi connectivity index (χ0) is 11.9. The minimum absolute atomic E-state index is 0.621. The van der Waals surface area contributed by atoms with E-state index in [0.29, 0.717) is 12.8 Å². The number of unbranched alkanes of at least 4 members (excludes halogenated alkanes) is 2. The lowest BCUT2D eigenvalue weighted by atomic mass is 9.76. The van der Waals surface area contributed by atoms with Crippen LogP contribution >= 0.6 is 0 Å². The number of carbonyl (C=O) groups excluding carboxylic acids is 1. The number of rotatable bonds is 8. The van der Waals surface area contributed by atoms with E-state index in [9.17, 15) is 9.59 Å². The first kappa shape index (κ1) is 14.1. The van der Waals surface area contributed by atoms with Crippen LogP contribution in [-0.2, 0) is 9.59 Å². The van der Waals surface area contributed by atoms with Gasteiger partial charge in [-0.05, 0) is 12.8 Å². The quantitative estimate of drug-likeness (QED) is 0.632. The average molecular weight is 214 g/mol. The van der Waals surface area contributed by atoms with Crippen LogP contribution in [-0.4, -0.2) is 16.9 Å². The van der Waals surface area contributed by atoms with Crippen LogP contribution < -0.4 is 0 Å². The van der Waals surface area contributed by atoms with Crippen molar-refractivity contribution in [2.75, 3.05) is 0 Å². The van der Waals surface area contributed by atoms with Crippen molar-refractivity contribution in [3.05, 3.63) is 0 Å². The van der Waals surface area contributed by atoms with E-state index in [4.69, 9.17) is 5.11 Å². The number of carboxylic acid groups (broad SMARTS) is 1. The van der Waals surface area contributed by atoms with E-state index < -0.39 is 17.2 Å². The third-order valence-corrected chi connectivity index (χ3v) is 2.91. The minimum atomic E-state index is -1.29. The molecule has 0 fully saturated rings. The summed E-state index contributed by atoms with van der Waals surface area (Å²) in [6, 6.07) is 0. The van der Waals surface area contributed by atoms with Crippen LogP contribution in [0.1, 0.15) is 59.3 Å². The highest BCUT2D eigenvalue weighted by Gasteiger charge is 2.36. The molecule has 0 amide bonds. The maximum Gasteiger partial charge on any atom is 0.372 e. The van der Waals surface area contributed by atoms with Crippen molar-refractivity contribution in [3.8, 4) is 0 Å². The lowest BCUT2D eigenvalue weighted by Crippen LogP contribution is -2.33. The average Bonchev–Trinajstić information content (AvgIpc) is 2.22. The van der Waals surface area contributed by atoms with Crippen molar-refractivity contribution < 1.29 is 14.7 Å². The lowest BCUT2D eigenvalue weighted by molar-refractivity contribution is -0.154. The molecule has 0 aliphatic heterocycles. The van der Waals surface area contributed by atoms with Crippen molar-refractivity contribution in [2.24, 2.45) is 5.41 Å². The topological polar surface area (TPSA) is 54.4 Å². The fraction of sp³-hybridized carbons (Fsp3) is 0.833. The maximum absolute atomic E-state index is 11.6. The number of ketones is 1. The molecule has 0 aliphatic carbocycles. The van der Waals surface area contributed by atoms with Crippen molar-refractivity contribution >= 4 is 11.8 Å². The molecule has 0 aromatic carbocycles. The van der Waals surface area contributed by atoms with Gasteiger partial charge in [-0.1, -0.05) is 46.5 Å². The van der Waals surface area contributed by atoms with Gasteiger partial charge >= 0.3 is 5.97 Å². The summed E-state index contributed by atoms with van der Waals surface area (Å²) in [5.41, 5.74) is -0.655. The van der Waals surface area contributed by atoms with Gasteiger partial charge in [-0.3, -0.25) is 4.79 Å². The van der Waals surface area contributed by atoms with E-state index in [2.05, 4.69) is 0 Å². The molecule has 3 heteroatoms. The van der Waals surface area contributed by atoms with E-state index in [1.165, 1.54) is 0 Å². The standard InChI is InChI=1S/C12H22O3/c1-4-6-8-12(3,9-7-5-2)10(13)11(14)15/h4-9H2,1-3H3,(H,14,15). The summed E-state index contributed by atoms with van der Waals surface area (Å²) in [6.45, 7) is 5.88. The predicted molar refractivity (Wildman–Crippen MR) is 59.8 cm³/mol. The molecule has 88 valence electrons. The normalized spacial score (nSPS) is 11.4. The second kappa shape index (κ2) is 6.59. The van der Waals surface area contributed by atoms with Crippen LogP contribution in [0.5, 0.6) is 0 Å². The molecule has 3 nitrogen and oxygen atoms in total. The van der Waals surface area contributed by atoms with Crippen LogP contribution in [0.3, 0.4) is 0 Å². The van der Waals surface area contributed by atoms with Gasteiger partial charge in [-0.15, -0.1) is 0 Å². The highest BCUT2D eigenvalue weighted by atomic mass is 16.4. The molecule has 0 aliphatic rings. The molecule has 0 atom stereocenters. The van der Waals surface area contributed by atoms with Gasteiger partial charge in [-0.2, -0.15) is 0 Å². The molecule has 15 heavy (non-hydrogen) atoms. The Morgan fingerprint density at radius 3 is 1.73 bits per heavy atom. The van der Waals surface area contributed by atoms with Gasteiger partial charge in [0, 0.05) is 5.41 Å². The van der Waals surface area contributed by atoms with Crippen molar-refractivity contribution in [2.45, 2.75) is 59.3 Å². The Balaban J connectivity index is 4.52. The van der Waals surface area contributed by atoms with Gasteiger partial charge in [0.1, 0.15) is 0 Å². The molecule has 0 heterocycles. The highest BCUT2D eigenvalue weighted by Crippen LogP contribution is 2.31. The summed E-state index contributed by atoms with van der Waals surface area (Å²) in [5, 5.41) is 8.77. The van der Waals surface area contributed by atoms with Gasteiger partial charge < -0.3 is 5.11 Å². The van der Waals surface area contributed by atoms with Crippen LogP contribution in [0.25, 0.3) is 0 Å². The van der Waals surface area contributed by atoms with E-state index in [0.717, 1.165) is 25.7 Å². The fourth-order valence-corrected chi connectivity index (χ4v) is 1.74. The first-order chi connectivity index (χ1) is 6.98. The Kier molecular flexibility index (Phi) is 6.21. The molecule has 0 saturated carbocycles. The summed E-state index contributed by atoms with van der Waals surface area (Å²) < 4.78 is 0. The minimum Gasteiger partial charge on any atom is -0.475 e. The van der Waals surface area contributed by atoms with Gasteiger partial charge in [0.15, 0.2) is 0 Å². The molecule has 0 rings (SSSR count). The monoisotopic (exact) mass is 214 g/mol. The number of carboxylic acids is 1. The molecule has 0 spiro atoms. The Hall–Kier alpha value is -0.860. The first-order valence-corrected chi connectivity index (χ1v) is 5.75. The predicted octanol–water partition coefficient (Wildman–Crippen LogP) is 3.03. The molecule has 0 bridgehead atoms. The number of aliphatic carboxylic acids is 1. The molecular formula is C12H22O3. The van der Waals surface area contributed by atoms with Gasteiger partial charge in [0.25, 0.3) is 0 Å². The number of Topliss-reactive ketones (excluding diaryl/α,β-unsaturated/α-hetero) is 1. The number of carbonyl (C=O) groups is 2. The van der Waals surface area contributed by atoms with Crippen LogP contribution in [0.4, 0.5) is 0 Å². The summed E-state index contributed by atoms with van der Waals surface area (Å²) in [7, 11) is 0. The second-order valence-corrected chi connectivity index (χ2v) is 4.40. The van der Waals surface area contributed by atoms with Gasteiger partial charge in [0.2, 0.25) is 5.78 Å². The smallest absolute Gasteiger partial charge is 0.372 e. The van der Waals surface area contributed by atoms with Gasteiger partial charge in [-0.25, -0.2) is 4.79 Å². The maximum atomic E-state index is 11.6. The molecule has 0 aromatic heterocycles. The van der Waals surface area contributed by atoms with E-state index in [1.807, 2.05) is 13.8 Å². The lowest BCUT2D eigenvalue weighted by Gasteiger charge is -2.25. The Morgan fingerprint density at radius 1 is 1.07 bits per heavy atom. The van der Waals surface area contributed by atoms with Crippen molar-refractivity contribution in [1.29, 1.82) is 0 Å². The van der Waals surface area contributed by atoms with Crippen molar-refractivity contribution in [3.63, 3.8) is 0 Å². The first-order valence-electron chi connectivity index (χ1n) is 5.75. The summed E-state index contributed by atoms with van der Waals surface area (Å²) in [6.07, 6.45) is 5.20.